The number of aromatic nitrogens is 1. The average Bonchev–Trinajstić information content (AvgIpc) is 3.46. The Hall–Kier alpha value is -3.85. The van der Waals surface area contributed by atoms with E-state index >= 15 is 0 Å². The number of nitrogens with one attached hydrogen (secondary N) is 1. The molecular weight excluding hydrogens is 435 g/mol. The largest absolute Gasteiger partial charge is 0.454 e. The summed E-state index contributed by atoms with van der Waals surface area (Å²) >= 11 is 0. The predicted molar refractivity (Wildman–Crippen MR) is 114 cm³/mol. The van der Waals surface area contributed by atoms with Crippen molar-refractivity contribution in [3.05, 3.63) is 84.2 Å². The van der Waals surface area contributed by atoms with Crippen LogP contribution in [0.3, 0.4) is 0 Å². The van der Waals surface area contributed by atoms with Gasteiger partial charge in [-0.2, -0.15) is 4.98 Å². The van der Waals surface area contributed by atoms with Gasteiger partial charge in [0.2, 0.25) is 33.4 Å². The van der Waals surface area contributed by atoms with E-state index in [4.69, 9.17) is 13.9 Å². The van der Waals surface area contributed by atoms with Crippen LogP contribution in [0.4, 0.5) is 10.3 Å². The van der Waals surface area contributed by atoms with E-state index in [0.29, 0.717) is 17.1 Å². The lowest BCUT2D eigenvalue weighted by Gasteiger charge is -2.07. The molecule has 0 saturated carbocycles. The third-order valence-electron chi connectivity index (χ3n) is 4.89. The summed E-state index contributed by atoms with van der Waals surface area (Å²) in [6.07, 6.45) is 0. The van der Waals surface area contributed by atoms with Crippen molar-refractivity contribution in [1.82, 2.24) is 4.98 Å². The Morgan fingerprint density at radius 2 is 1.69 bits per heavy atom. The van der Waals surface area contributed by atoms with E-state index in [9.17, 15) is 12.8 Å². The maximum atomic E-state index is 13.3. The molecule has 1 N–H and O–H groups in total. The van der Waals surface area contributed by atoms with Gasteiger partial charge in [-0.3, -0.25) is 0 Å². The molecule has 0 aliphatic carbocycles. The predicted octanol–water partition coefficient (Wildman–Crippen LogP) is 4.65. The zero-order valence-electron chi connectivity index (χ0n) is 16.6. The summed E-state index contributed by atoms with van der Waals surface area (Å²) in [6.45, 7) is 0.417. The molecule has 0 saturated heterocycles. The van der Waals surface area contributed by atoms with Crippen molar-refractivity contribution in [2.24, 2.45) is 0 Å². The van der Waals surface area contributed by atoms with Gasteiger partial charge in [-0.15, -0.1) is 0 Å². The Kier molecular flexibility index (Phi) is 5.02. The molecule has 2 heterocycles. The first-order valence-corrected chi connectivity index (χ1v) is 11.2. The van der Waals surface area contributed by atoms with Crippen LogP contribution < -0.4 is 14.8 Å². The molecule has 3 aromatic carbocycles. The monoisotopic (exact) mass is 452 g/mol. The number of anilines is 1. The minimum Gasteiger partial charge on any atom is -0.454 e. The van der Waals surface area contributed by atoms with Crippen molar-refractivity contribution in [3.8, 4) is 23.0 Å². The molecule has 4 aromatic rings. The van der Waals surface area contributed by atoms with Gasteiger partial charge in [0.25, 0.3) is 0 Å². The lowest BCUT2D eigenvalue weighted by molar-refractivity contribution is 0.174. The van der Waals surface area contributed by atoms with Gasteiger partial charge >= 0.3 is 0 Å². The molecular formula is C23H17FN2O5S. The minimum absolute atomic E-state index is 0.00848. The molecule has 0 atom stereocenters. The van der Waals surface area contributed by atoms with E-state index in [0.717, 1.165) is 17.7 Å². The molecule has 5 rings (SSSR count). The topological polar surface area (TPSA) is 90.7 Å². The van der Waals surface area contributed by atoms with Crippen LogP contribution in [0.1, 0.15) is 5.56 Å². The molecule has 32 heavy (non-hydrogen) atoms. The number of nitrogens with zero attached hydrogens (tertiary/aromatic N) is 1. The highest BCUT2D eigenvalue weighted by molar-refractivity contribution is 7.91. The molecule has 1 aliphatic heterocycles. The van der Waals surface area contributed by atoms with Crippen molar-refractivity contribution < 1.29 is 26.7 Å². The summed E-state index contributed by atoms with van der Waals surface area (Å²) in [7, 11) is -4.07. The first-order valence-electron chi connectivity index (χ1n) is 9.70. The Morgan fingerprint density at radius 1 is 0.938 bits per heavy atom. The molecule has 162 valence electrons. The van der Waals surface area contributed by atoms with Crippen molar-refractivity contribution in [2.45, 2.75) is 16.5 Å². The number of hydrogen-bond donors (Lipinski definition) is 1. The summed E-state index contributed by atoms with van der Waals surface area (Å²) in [5, 5.41) is 2.75. The van der Waals surface area contributed by atoms with E-state index < -0.39 is 15.7 Å². The fourth-order valence-electron chi connectivity index (χ4n) is 3.26. The normalized spacial score (nSPS) is 12.7. The van der Waals surface area contributed by atoms with Gasteiger partial charge in [-0.1, -0.05) is 24.3 Å². The van der Waals surface area contributed by atoms with Crippen molar-refractivity contribution in [2.75, 3.05) is 12.1 Å². The van der Waals surface area contributed by atoms with Gasteiger partial charge in [-0.05, 0) is 54.1 Å². The summed E-state index contributed by atoms with van der Waals surface area (Å²) in [6, 6.07) is 19.0. The molecule has 0 bridgehead atoms. The molecule has 1 aliphatic rings. The second-order valence-corrected chi connectivity index (χ2v) is 8.88. The number of ether oxygens (including phenoxy) is 2. The molecule has 7 nitrogen and oxygen atoms in total. The zero-order chi connectivity index (χ0) is 22.1. The molecule has 0 unspecified atom stereocenters. The second-order valence-electron chi connectivity index (χ2n) is 7.02. The van der Waals surface area contributed by atoms with Crippen LogP contribution in [0.2, 0.25) is 0 Å². The number of benzene rings is 3. The molecule has 0 fully saturated rings. The van der Waals surface area contributed by atoms with Gasteiger partial charge in [0.05, 0.1) is 4.90 Å². The summed E-state index contributed by atoms with van der Waals surface area (Å²) < 4.78 is 56.3. The highest BCUT2D eigenvalue weighted by atomic mass is 32.2. The molecule has 0 spiro atoms. The molecule has 9 heteroatoms. The lowest BCUT2D eigenvalue weighted by atomic mass is 10.2. The Bertz CT molecular complexity index is 1370. The highest BCUT2D eigenvalue weighted by Gasteiger charge is 2.28. The molecule has 0 amide bonds. The van der Waals surface area contributed by atoms with Gasteiger partial charge in [0.1, 0.15) is 5.82 Å². The van der Waals surface area contributed by atoms with Gasteiger partial charge in [0, 0.05) is 12.1 Å². The summed E-state index contributed by atoms with van der Waals surface area (Å²) in [5.41, 5.74) is 1.45. The molecule has 0 radical (unpaired) electrons. The van der Waals surface area contributed by atoms with Crippen molar-refractivity contribution in [1.29, 1.82) is 0 Å². The van der Waals surface area contributed by atoms with Crippen LogP contribution in [0.25, 0.3) is 11.5 Å². The van der Waals surface area contributed by atoms with Crippen molar-refractivity contribution in [3.63, 3.8) is 0 Å². The zero-order valence-corrected chi connectivity index (χ0v) is 17.4. The first-order chi connectivity index (χ1) is 15.5. The van der Waals surface area contributed by atoms with Gasteiger partial charge in [-0.25, -0.2) is 12.8 Å². The number of hydrogen-bond acceptors (Lipinski definition) is 7. The Balaban J connectivity index is 1.51. The van der Waals surface area contributed by atoms with E-state index in [1.165, 1.54) is 12.1 Å². The lowest BCUT2D eigenvalue weighted by Crippen LogP contribution is -2.07. The second kappa shape index (κ2) is 8.01. The summed E-state index contributed by atoms with van der Waals surface area (Å²) in [5.74, 6) is 0.880. The third kappa shape index (κ3) is 3.78. The van der Waals surface area contributed by atoms with E-state index in [-0.39, 0.29) is 35.0 Å². The molecule has 1 aromatic heterocycles. The number of rotatable bonds is 6. The van der Waals surface area contributed by atoms with Crippen molar-refractivity contribution >= 4 is 15.7 Å². The smallest absolute Gasteiger partial charge is 0.234 e. The summed E-state index contributed by atoms with van der Waals surface area (Å²) in [4.78, 5) is 4.18. The SMILES string of the molecule is O=S(=O)(c1ccc(F)cc1)c1nc(-c2ccccc2)oc1NCc1ccc2c(c1)OCO2. The number of fused-ring (bicyclic) bond motifs is 1. The quantitative estimate of drug-likeness (QED) is 0.426. The highest BCUT2D eigenvalue weighted by Crippen LogP contribution is 2.35. The number of oxazole rings is 1. The average molecular weight is 452 g/mol. The number of sulfone groups is 1. The van der Waals surface area contributed by atoms with Gasteiger partial charge in [0.15, 0.2) is 11.5 Å². The van der Waals surface area contributed by atoms with Crippen LogP contribution in [-0.4, -0.2) is 20.2 Å². The van der Waals surface area contributed by atoms with Gasteiger partial charge < -0.3 is 19.2 Å². The maximum Gasteiger partial charge on any atom is 0.234 e. The van der Waals surface area contributed by atoms with Crippen LogP contribution in [0.15, 0.2) is 87.1 Å². The first kappa shape index (κ1) is 20.1. The fraction of sp³-hybridized carbons (Fsp3) is 0.0870. The van der Waals surface area contributed by atoms with E-state index in [2.05, 4.69) is 10.3 Å². The maximum absolute atomic E-state index is 13.3. The van der Waals surface area contributed by atoms with Crippen LogP contribution in [0, 0.1) is 5.82 Å². The van der Waals surface area contributed by atoms with Crippen LogP contribution >= 0.6 is 0 Å². The van der Waals surface area contributed by atoms with Crippen LogP contribution in [0.5, 0.6) is 11.5 Å². The van der Waals surface area contributed by atoms with E-state index in [1.54, 1.807) is 36.4 Å². The fourth-order valence-corrected chi connectivity index (χ4v) is 4.54. The number of halogens is 1. The minimum atomic E-state index is -4.07. The van der Waals surface area contributed by atoms with Crippen LogP contribution in [-0.2, 0) is 16.4 Å². The Morgan fingerprint density at radius 3 is 2.47 bits per heavy atom. The van der Waals surface area contributed by atoms with E-state index in [1.807, 2.05) is 12.1 Å². The third-order valence-corrected chi connectivity index (χ3v) is 6.56. The standard InChI is InChI=1S/C23H17FN2O5S/c24-17-7-9-18(10-8-17)32(27,28)23-22(31-21(26-23)16-4-2-1-3-5-16)25-13-15-6-11-19-20(12-15)30-14-29-19/h1-12,25H,13-14H2. The Labute approximate surface area is 183 Å².